The zero-order chi connectivity index (χ0) is 14.0. The van der Waals surface area contributed by atoms with Gasteiger partial charge in [-0.3, -0.25) is 0 Å². The quantitative estimate of drug-likeness (QED) is 0.884. The van der Waals surface area contributed by atoms with Crippen molar-refractivity contribution in [1.82, 2.24) is 5.32 Å². The van der Waals surface area contributed by atoms with Gasteiger partial charge in [-0.25, -0.2) is 4.79 Å². The van der Waals surface area contributed by atoms with E-state index in [-0.39, 0.29) is 11.6 Å². The maximum Gasteiger partial charge on any atom is 0.408 e. The number of nitrogens with one attached hydrogen (secondary N) is 1. The molecule has 1 aromatic carbocycles. The molecular formula is C15H14BrNO2S. The van der Waals surface area contributed by atoms with Crippen LogP contribution in [0.5, 0.6) is 0 Å². The molecule has 1 heterocycles. The van der Waals surface area contributed by atoms with Crippen LogP contribution in [0.2, 0.25) is 0 Å². The molecule has 0 saturated heterocycles. The second kappa shape index (κ2) is 5.58. The van der Waals surface area contributed by atoms with E-state index in [0.717, 1.165) is 22.2 Å². The zero-order valence-corrected chi connectivity index (χ0v) is 13.2. The zero-order valence-electron chi connectivity index (χ0n) is 10.8. The minimum Gasteiger partial charge on any atom is -0.445 e. The number of carbonyl (C=O) groups is 1. The first-order valence-electron chi connectivity index (χ1n) is 6.43. The van der Waals surface area contributed by atoms with Crippen LogP contribution < -0.4 is 5.32 Å². The Bertz CT molecular complexity index is 607. The first-order valence-corrected chi connectivity index (χ1v) is 8.04. The largest absolute Gasteiger partial charge is 0.445 e. The molecule has 0 atom stereocenters. The summed E-state index contributed by atoms with van der Waals surface area (Å²) >= 11 is 5.11. The smallest absolute Gasteiger partial charge is 0.408 e. The van der Waals surface area contributed by atoms with E-state index in [1.54, 1.807) is 11.3 Å². The van der Waals surface area contributed by atoms with Crippen LogP contribution >= 0.6 is 27.3 Å². The molecule has 0 spiro atoms. The maximum absolute atomic E-state index is 11.9. The summed E-state index contributed by atoms with van der Waals surface area (Å²) in [7, 11) is 0. The van der Waals surface area contributed by atoms with Gasteiger partial charge in [-0.05, 0) is 46.5 Å². The third-order valence-electron chi connectivity index (χ3n) is 3.35. The summed E-state index contributed by atoms with van der Waals surface area (Å²) in [5, 5.41) is 3.00. The fraction of sp³-hybridized carbons (Fsp3) is 0.267. The van der Waals surface area contributed by atoms with Crippen molar-refractivity contribution in [3.05, 3.63) is 56.7 Å². The highest BCUT2D eigenvalue weighted by molar-refractivity contribution is 9.11. The van der Waals surface area contributed by atoms with Crippen LogP contribution in [0.15, 0.2) is 46.3 Å². The lowest BCUT2D eigenvalue weighted by atomic mass is 10.2. The molecule has 1 aliphatic carbocycles. The van der Waals surface area contributed by atoms with Gasteiger partial charge in [0, 0.05) is 4.88 Å². The number of amides is 1. The topological polar surface area (TPSA) is 38.3 Å². The summed E-state index contributed by atoms with van der Waals surface area (Å²) in [5.41, 5.74) is 0.788. The van der Waals surface area contributed by atoms with Crippen LogP contribution in [0, 0.1) is 0 Å². The molecule has 1 aliphatic rings. The average molecular weight is 352 g/mol. The molecular weight excluding hydrogens is 338 g/mol. The van der Waals surface area contributed by atoms with E-state index in [0.29, 0.717) is 6.61 Å². The summed E-state index contributed by atoms with van der Waals surface area (Å²) < 4.78 is 6.36. The molecule has 0 unspecified atom stereocenters. The van der Waals surface area contributed by atoms with E-state index in [2.05, 4.69) is 27.3 Å². The summed E-state index contributed by atoms with van der Waals surface area (Å²) in [6.45, 7) is 0.302. The third kappa shape index (κ3) is 3.04. The Morgan fingerprint density at radius 1 is 1.25 bits per heavy atom. The molecule has 1 aromatic heterocycles. The van der Waals surface area contributed by atoms with Crippen molar-refractivity contribution in [2.75, 3.05) is 0 Å². The first kappa shape index (κ1) is 13.6. The van der Waals surface area contributed by atoms with E-state index < -0.39 is 0 Å². The molecule has 2 aromatic rings. The highest BCUT2D eigenvalue weighted by Gasteiger charge is 2.47. The molecule has 1 N–H and O–H groups in total. The Hall–Kier alpha value is -1.33. The van der Waals surface area contributed by atoms with Crippen molar-refractivity contribution in [1.29, 1.82) is 0 Å². The summed E-state index contributed by atoms with van der Waals surface area (Å²) in [4.78, 5) is 13.1. The van der Waals surface area contributed by atoms with Crippen LogP contribution in [0.4, 0.5) is 4.79 Å². The number of ether oxygens (including phenoxy) is 1. The maximum atomic E-state index is 11.9. The van der Waals surface area contributed by atoms with Crippen molar-refractivity contribution >= 4 is 33.4 Å². The highest BCUT2D eigenvalue weighted by Crippen LogP contribution is 2.48. The minimum absolute atomic E-state index is 0.204. The predicted octanol–water partition coefficient (Wildman–Crippen LogP) is 4.43. The van der Waals surface area contributed by atoms with Gasteiger partial charge in [0.1, 0.15) is 6.61 Å². The van der Waals surface area contributed by atoms with E-state index in [4.69, 9.17) is 4.74 Å². The minimum atomic E-state index is -0.351. The van der Waals surface area contributed by atoms with Crippen molar-refractivity contribution in [3.8, 4) is 0 Å². The average Bonchev–Trinajstić information content (AvgIpc) is 3.10. The van der Waals surface area contributed by atoms with Gasteiger partial charge in [0.15, 0.2) is 0 Å². The van der Waals surface area contributed by atoms with Gasteiger partial charge in [0.05, 0.1) is 9.33 Å². The van der Waals surface area contributed by atoms with E-state index in [1.165, 1.54) is 4.88 Å². The molecule has 5 heteroatoms. The first-order chi connectivity index (χ1) is 9.68. The van der Waals surface area contributed by atoms with Gasteiger partial charge < -0.3 is 10.1 Å². The Kier molecular flexibility index (Phi) is 3.81. The van der Waals surface area contributed by atoms with Gasteiger partial charge in [-0.1, -0.05) is 30.3 Å². The number of rotatable bonds is 4. The fourth-order valence-electron chi connectivity index (χ4n) is 2.08. The molecule has 0 radical (unpaired) electrons. The monoisotopic (exact) mass is 351 g/mol. The molecule has 0 bridgehead atoms. The lowest BCUT2D eigenvalue weighted by Gasteiger charge is -2.15. The van der Waals surface area contributed by atoms with Crippen molar-refractivity contribution in [3.63, 3.8) is 0 Å². The molecule has 1 amide bonds. The SMILES string of the molecule is O=C(NC1(c2ccc(Br)s2)CC1)OCc1ccccc1. The molecule has 104 valence electrons. The van der Waals surface area contributed by atoms with Gasteiger partial charge in [-0.2, -0.15) is 0 Å². The number of carbonyl (C=O) groups excluding carboxylic acids is 1. The molecule has 0 aliphatic heterocycles. The normalized spacial score (nSPS) is 15.7. The van der Waals surface area contributed by atoms with Crippen LogP contribution in [0.25, 0.3) is 0 Å². The predicted molar refractivity (Wildman–Crippen MR) is 82.7 cm³/mol. The van der Waals surface area contributed by atoms with E-state index in [9.17, 15) is 4.79 Å². The molecule has 3 rings (SSSR count). The Balaban J connectivity index is 1.57. The van der Waals surface area contributed by atoms with Crippen LogP contribution in [-0.4, -0.2) is 6.09 Å². The summed E-state index contributed by atoms with van der Waals surface area (Å²) in [5.74, 6) is 0. The van der Waals surface area contributed by atoms with Gasteiger partial charge in [0.2, 0.25) is 0 Å². The Morgan fingerprint density at radius 3 is 2.60 bits per heavy atom. The summed E-state index contributed by atoms with van der Waals surface area (Å²) in [6, 6.07) is 13.8. The number of alkyl carbamates (subject to hydrolysis) is 1. The fourth-order valence-corrected chi connectivity index (χ4v) is 3.67. The second-order valence-electron chi connectivity index (χ2n) is 4.87. The highest BCUT2D eigenvalue weighted by atomic mass is 79.9. The number of hydrogen-bond acceptors (Lipinski definition) is 3. The van der Waals surface area contributed by atoms with Crippen LogP contribution in [-0.2, 0) is 16.9 Å². The molecule has 1 fully saturated rings. The number of thiophene rings is 1. The van der Waals surface area contributed by atoms with Crippen molar-refractivity contribution in [2.24, 2.45) is 0 Å². The van der Waals surface area contributed by atoms with Gasteiger partial charge in [0.25, 0.3) is 0 Å². The number of benzene rings is 1. The Morgan fingerprint density at radius 2 is 2.00 bits per heavy atom. The van der Waals surface area contributed by atoms with Crippen molar-refractivity contribution in [2.45, 2.75) is 25.0 Å². The lowest BCUT2D eigenvalue weighted by Crippen LogP contribution is -2.34. The van der Waals surface area contributed by atoms with Crippen LogP contribution in [0.3, 0.4) is 0 Å². The van der Waals surface area contributed by atoms with Gasteiger partial charge in [-0.15, -0.1) is 11.3 Å². The standard InChI is InChI=1S/C15H14BrNO2S/c16-13-7-6-12(20-13)15(8-9-15)17-14(18)19-10-11-4-2-1-3-5-11/h1-7H,8-10H2,(H,17,18). The van der Waals surface area contributed by atoms with Crippen LogP contribution in [0.1, 0.15) is 23.3 Å². The number of hydrogen-bond donors (Lipinski definition) is 1. The summed E-state index contributed by atoms with van der Waals surface area (Å²) in [6.07, 6.45) is 1.59. The van der Waals surface area contributed by atoms with Gasteiger partial charge >= 0.3 is 6.09 Å². The lowest BCUT2D eigenvalue weighted by molar-refractivity contribution is 0.134. The Labute approximate surface area is 130 Å². The molecule has 20 heavy (non-hydrogen) atoms. The second-order valence-corrected chi connectivity index (χ2v) is 7.34. The van der Waals surface area contributed by atoms with Crippen molar-refractivity contribution < 1.29 is 9.53 Å². The molecule has 1 saturated carbocycles. The number of halogens is 1. The third-order valence-corrected chi connectivity index (χ3v) is 5.18. The van der Waals surface area contributed by atoms with E-state index >= 15 is 0 Å². The van der Waals surface area contributed by atoms with E-state index in [1.807, 2.05) is 36.4 Å². The molecule has 3 nitrogen and oxygen atoms in total.